The van der Waals surface area contributed by atoms with Crippen molar-refractivity contribution >= 4 is 11.8 Å². The highest BCUT2D eigenvalue weighted by Gasteiger charge is 2.49. The van der Waals surface area contributed by atoms with Gasteiger partial charge >= 0.3 is 0 Å². The molecule has 0 atom stereocenters. The number of nitrogens with zero attached hydrogens (tertiary/aromatic N) is 2. The van der Waals surface area contributed by atoms with Crippen molar-refractivity contribution < 1.29 is 14.7 Å². The number of carbonyl (C=O) groups is 2. The van der Waals surface area contributed by atoms with Crippen molar-refractivity contribution in [3.63, 3.8) is 0 Å². The molecule has 0 spiro atoms. The third-order valence-electron chi connectivity index (χ3n) is 5.89. The normalized spacial score (nSPS) is 18.5. The molecular formula is C19H28N4O3. The summed E-state index contributed by atoms with van der Waals surface area (Å²) in [6.45, 7) is 0. The number of carbonyl (C=O) groups excluding carboxylic acids is 2. The minimum atomic E-state index is -0.346. The summed E-state index contributed by atoms with van der Waals surface area (Å²) >= 11 is 0. The molecule has 0 aromatic rings. The third-order valence-corrected chi connectivity index (χ3v) is 5.89. The number of nitriles is 2. The van der Waals surface area contributed by atoms with Gasteiger partial charge < -0.3 is 5.11 Å². The monoisotopic (exact) mass is 360 g/mol. The van der Waals surface area contributed by atoms with Crippen LogP contribution in [0.4, 0.5) is 0 Å². The highest BCUT2D eigenvalue weighted by Crippen LogP contribution is 2.51. The van der Waals surface area contributed by atoms with Crippen molar-refractivity contribution in [2.75, 3.05) is 0 Å². The van der Waals surface area contributed by atoms with Gasteiger partial charge in [-0.05, 0) is 51.4 Å². The zero-order chi connectivity index (χ0) is 19.0. The summed E-state index contributed by atoms with van der Waals surface area (Å²) in [5.74, 6) is -0.315. The number of aliphatic hydroxyl groups is 1. The van der Waals surface area contributed by atoms with Gasteiger partial charge in [0, 0.05) is 0 Å². The van der Waals surface area contributed by atoms with E-state index in [0.29, 0.717) is 0 Å². The Bertz CT molecular complexity index is 545. The topological polar surface area (TPSA) is 126 Å². The first-order valence-corrected chi connectivity index (χ1v) is 9.55. The van der Waals surface area contributed by atoms with Crippen LogP contribution in [0.2, 0.25) is 0 Å². The first-order valence-electron chi connectivity index (χ1n) is 9.55. The van der Waals surface area contributed by atoms with Crippen molar-refractivity contribution in [2.45, 2.75) is 83.2 Å². The van der Waals surface area contributed by atoms with Crippen LogP contribution in [0.1, 0.15) is 77.0 Å². The molecule has 2 fully saturated rings. The second kappa shape index (κ2) is 9.00. The summed E-state index contributed by atoms with van der Waals surface area (Å²) in [7, 11) is 0. The Hall–Kier alpha value is -2.12. The van der Waals surface area contributed by atoms with E-state index in [0.717, 1.165) is 77.0 Å². The summed E-state index contributed by atoms with van der Waals surface area (Å²) in [6.07, 6.45) is 13.0. The van der Waals surface area contributed by atoms with E-state index >= 15 is 0 Å². The molecule has 0 aliphatic heterocycles. The van der Waals surface area contributed by atoms with Crippen molar-refractivity contribution in [1.82, 2.24) is 10.6 Å². The largest absolute Gasteiger partial charge is 0.393 e. The summed E-state index contributed by atoms with van der Waals surface area (Å²) in [4.78, 5) is 23.6. The summed E-state index contributed by atoms with van der Waals surface area (Å²) in [5.41, 5.74) is -0.660. The lowest BCUT2D eigenvalue weighted by Crippen LogP contribution is -2.28. The average Bonchev–Trinajstić information content (AvgIpc) is 3.52. The number of unbranched alkanes of at least 4 members (excludes halogenated alkanes) is 2. The second-order valence-corrected chi connectivity index (χ2v) is 7.84. The Kier molecular flexibility index (Phi) is 6.99. The molecule has 0 heterocycles. The average molecular weight is 360 g/mol. The van der Waals surface area contributed by atoms with Crippen molar-refractivity contribution in [3.05, 3.63) is 0 Å². The quantitative estimate of drug-likeness (QED) is 0.279. The Morgan fingerprint density at radius 3 is 1.54 bits per heavy atom. The van der Waals surface area contributed by atoms with Crippen LogP contribution in [0.25, 0.3) is 0 Å². The minimum Gasteiger partial charge on any atom is -0.393 e. The van der Waals surface area contributed by atoms with Gasteiger partial charge in [0.1, 0.15) is 0 Å². The van der Waals surface area contributed by atoms with E-state index in [1.807, 2.05) is 0 Å². The van der Waals surface area contributed by atoms with E-state index in [1.54, 1.807) is 12.4 Å². The maximum atomic E-state index is 11.8. The van der Waals surface area contributed by atoms with E-state index in [1.165, 1.54) is 0 Å². The maximum Gasteiger partial charge on any atom is 0.239 e. The van der Waals surface area contributed by atoms with Crippen LogP contribution in [0.15, 0.2) is 0 Å². The van der Waals surface area contributed by atoms with Crippen LogP contribution >= 0.6 is 0 Å². The first-order chi connectivity index (χ1) is 12.5. The molecule has 0 aromatic carbocycles. The summed E-state index contributed by atoms with van der Waals surface area (Å²) in [6, 6.07) is 0. The molecule has 0 bridgehead atoms. The van der Waals surface area contributed by atoms with E-state index in [9.17, 15) is 14.7 Å². The van der Waals surface area contributed by atoms with Crippen molar-refractivity contribution in [1.29, 1.82) is 10.5 Å². The fourth-order valence-corrected chi connectivity index (χ4v) is 3.68. The first kappa shape index (κ1) is 20.2. The highest BCUT2D eigenvalue weighted by molar-refractivity contribution is 5.86. The molecule has 7 nitrogen and oxygen atoms in total. The fourth-order valence-electron chi connectivity index (χ4n) is 3.68. The number of hydrogen-bond donors (Lipinski definition) is 3. The molecule has 0 unspecified atom stereocenters. The molecule has 3 N–H and O–H groups in total. The van der Waals surface area contributed by atoms with Crippen LogP contribution in [-0.2, 0) is 9.59 Å². The van der Waals surface area contributed by atoms with Gasteiger partial charge in [0.2, 0.25) is 11.8 Å². The molecule has 0 radical (unpaired) electrons. The molecule has 142 valence electrons. The molecule has 0 saturated heterocycles. The standard InChI is InChI=1S/C19H28N4O3/c20-13-22-16(25)18(9-10-18)7-3-1-5-15(24)6-2-4-8-19(11-12-19)17(26)23-14-21/h15,24H,1-12H2,(H,22,25)(H,23,26). The van der Waals surface area contributed by atoms with Crippen molar-refractivity contribution in [3.8, 4) is 12.4 Å². The molecule has 7 heteroatoms. The lowest BCUT2D eigenvalue weighted by Gasteiger charge is -2.15. The van der Waals surface area contributed by atoms with E-state index in [4.69, 9.17) is 10.5 Å². The summed E-state index contributed by atoms with van der Waals surface area (Å²) < 4.78 is 0. The molecule has 2 rings (SSSR count). The van der Waals surface area contributed by atoms with E-state index in [-0.39, 0.29) is 28.7 Å². The molecule has 2 amide bonds. The third kappa shape index (κ3) is 5.44. The van der Waals surface area contributed by atoms with Crippen LogP contribution in [0.3, 0.4) is 0 Å². The van der Waals surface area contributed by atoms with Crippen LogP contribution in [0.5, 0.6) is 0 Å². The van der Waals surface area contributed by atoms with Gasteiger partial charge in [-0.3, -0.25) is 20.2 Å². The van der Waals surface area contributed by atoms with Crippen LogP contribution in [0, 0.1) is 33.7 Å². The Morgan fingerprint density at radius 2 is 1.23 bits per heavy atom. The summed E-state index contributed by atoms with van der Waals surface area (Å²) in [5, 5.41) is 31.6. The molecule has 26 heavy (non-hydrogen) atoms. The predicted octanol–water partition coefficient (Wildman–Crippen LogP) is 2.22. The van der Waals surface area contributed by atoms with Gasteiger partial charge in [-0.2, -0.15) is 10.5 Å². The van der Waals surface area contributed by atoms with Crippen LogP contribution in [-0.4, -0.2) is 23.0 Å². The zero-order valence-corrected chi connectivity index (χ0v) is 15.2. The Labute approximate surface area is 154 Å². The number of rotatable bonds is 12. The predicted molar refractivity (Wildman–Crippen MR) is 93.8 cm³/mol. The van der Waals surface area contributed by atoms with Crippen molar-refractivity contribution in [2.24, 2.45) is 10.8 Å². The van der Waals surface area contributed by atoms with Gasteiger partial charge in [0.05, 0.1) is 16.9 Å². The lowest BCUT2D eigenvalue weighted by molar-refractivity contribution is -0.126. The number of nitrogens with one attached hydrogen (secondary N) is 2. The number of amides is 2. The second-order valence-electron chi connectivity index (χ2n) is 7.84. The SMILES string of the molecule is N#CNC(=O)C1(CCCCC(O)CCCCC2(C(=O)NC#N)CC2)CC1. The Balaban J connectivity index is 1.52. The van der Waals surface area contributed by atoms with E-state index < -0.39 is 0 Å². The fraction of sp³-hybridized carbons (Fsp3) is 0.789. The van der Waals surface area contributed by atoms with Gasteiger partial charge in [-0.1, -0.05) is 25.7 Å². The van der Waals surface area contributed by atoms with Gasteiger partial charge in [0.15, 0.2) is 12.4 Å². The molecule has 2 aliphatic carbocycles. The van der Waals surface area contributed by atoms with Crippen LogP contribution < -0.4 is 10.6 Å². The molecule has 2 saturated carbocycles. The number of aliphatic hydroxyl groups excluding tert-OH is 1. The van der Waals surface area contributed by atoms with Gasteiger partial charge in [-0.15, -0.1) is 0 Å². The number of hydrogen-bond acceptors (Lipinski definition) is 5. The van der Waals surface area contributed by atoms with Gasteiger partial charge in [-0.25, -0.2) is 0 Å². The maximum absolute atomic E-state index is 11.8. The van der Waals surface area contributed by atoms with Gasteiger partial charge in [0.25, 0.3) is 0 Å². The molecular weight excluding hydrogens is 332 g/mol. The molecule has 0 aromatic heterocycles. The molecule has 2 aliphatic rings. The smallest absolute Gasteiger partial charge is 0.239 e. The Morgan fingerprint density at radius 1 is 0.846 bits per heavy atom. The van der Waals surface area contributed by atoms with E-state index in [2.05, 4.69) is 10.6 Å². The minimum absolute atomic E-state index is 0.157. The lowest BCUT2D eigenvalue weighted by atomic mass is 9.94. The zero-order valence-electron chi connectivity index (χ0n) is 15.2. The highest BCUT2D eigenvalue weighted by atomic mass is 16.3.